The molecule has 0 spiro atoms. The molecule has 4 aromatic carbocycles. The van der Waals surface area contributed by atoms with Crippen molar-refractivity contribution in [2.45, 2.75) is 38.1 Å². The molecule has 0 saturated heterocycles. The summed E-state index contributed by atoms with van der Waals surface area (Å²) in [7, 11) is 1.62. The molecule has 12 heteroatoms. The molecule has 248 valence electrons. The third kappa shape index (κ3) is 8.86. The van der Waals surface area contributed by atoms with Crippen LogP contribution in [0.2, 0.25) is 15.1 Å². The number of esters is 1. The molecule has 1 unspecified atom stereocenters. The average molecular weight is 708 g/mol. The zero-order valence-corrected chi connectivity index (χ0v) is 28.2. The van der Waals surface area contributed by atoms with Crippen LogP contribution in [0.15, 0.2) is 91.0 Å². The zero-order chi connectivity index (χ0) is 34.2. The summed E-state index contributed by atoms with van der Waals surface area (Å²) in [6.07, 6.45) is 1.59. The van der Waals surface area contributed by atoms with E-state index in [0.29, 0.717) is 5.02 Å². The average Bonchev–Trinajstić information content (AvgIpc) is 3.47. The molecular formula is C36H33Cl3N4O5. The van der Waals surface area contributed by atoms with Crippen LogP contribution in [0, 0.1) is 0 Å². The van der Waals surface area contributed by atoms with Gasteiger partial charge in [-0.1, -0.05) is 102 Å². The number of amides is 4. The van der Waals surface area contributed by atoms with E-state index >= 15 is 0 Å². The Bertz CT molecular complexity index is 1800. The molecule has 3 N–H and O–H groups in total. The van der Waals surface area contributed by atoms with Crippen molar-refractivity contribution in [3.8, 4) is 0 Å². The number of ether oxygens (including phenoxy) is 1. The fraction of sp³-hybridized carbons (Fsp3) is 0.222. The fourth-order valence-corrected chi connectivity index (χ4v) is 6.35. The molecule has 0 radical (unpaired) electrons. The summed E-state index contributed by atoms with van der Waals surface area (Å²) in [5, 5.41) is 8.56. The number of hydrogen-bond acceptors (Lipinski definition) is 5. The van der Waals surface area contributed by atoms with Crippen molar-refractivity contribution in [2.75, 3.05) is 13.6 Å². The van der Waals surface area contributed by atoms with Crippen LogP contribution in [0.1, 0.15) is 55.4 Å². The molecule has 0 saturated carbocycles. The molecule has 1 aliphatic carbocycles. The van der Waals surface area contributed by atoms with Crippen LogP contribution in [0.5, 0.6) is 0 Å². The van der Waals surface area contributed by atoms with E-state index < -0.39 is 23.9 Å². The van der Waals surface area contributed by atoms with E-state index in [1.165, 1.54) is 22.6 Å². The van der Waals surface area contributed by atoms with Crippen molar-refractivity contribution in [2.24, 2.45) is 0 Å². The number of aryl methyl sites for hydroxylation is 1. The molecule has 5 rings (SSSR count). The van der Waals surface area contributed by atoms with Gasteiger partial charge in [-0.3, -0.25) is 9.59 Å². The predicted molar refractivity (Wildman–Crippen MR) is 185 cm³/mol. The Labute approximate surface area is 293 Å². The van der Waals surface area contributed by atoms with E-state index in [1.807, 2.05) is 48.5 Å². The molecule has 4 amide bonds. The molecule has 0 heterocycles. The van der Waals surface area contributed by atoms with Gasteiger partial charge in [0.15, 0.2) is 0 Å². The second kappa shape index (κ2) is 16.0. The molecule has 0 fully saturated rings. The lowest BCUT2D eigenvalue weighted by Gasteiger charge is -2.21. The summed E-state index contributed by atoms with van der Waals surface area (Å²) in [5.74, 6) is -1.95. The van der Waals surface area contributed by atoms with E-state index in [4.69, 9.17) is 39.5 Å². The number of carbonyl (C=O) groups excluding carboxylic acids is 4. The number of hydrogen-bond donors (Lipinski definition) is 3. The number of benzene rings is 4. The summed E-state index contributed by atoms with van der Waals surface area (Å²) in [6, 6.07) is 24.8. The van der Waals surface area contributed by atoms with E-state index in [0.717, 1.165) is 29.5 Å². The lowest BCUT2D eigenvalue weighted by atomic mass is 10.1. The van der Waals surface area contributed by atoms with Gasteiger partial charge in [0.2, 0.25) is 0 Å². The van der Waals surface area contributed by atoms with Gasteiger partial charge in [-0.05, 0) is 59.4 Å². The molecular weight excluding hydrogens is 675 g/mol. The topological polar surface area (TPSA) is 117 Å². The first-order valence-corrected chi connectivity index (χ1v) is 16.3. The molecule has 0 bridgehead atoms. The number of urea groups is 1. The van der Waals surface area contributed by atoms with Crippen LogP contribution >= 0.6 is 34.8 Å². The fourth-order valence-electron chi connectivity index (χ4n) is 5.48. The smallest absolute Gasteiger partial charge is 0.330 e. The maximum absolute atomic E-state index is 13.5. The summed E-state index contributed by atoms with van der Waals surface area (Å²) in [4.78, 5) is 54.3. The maximum Gasteiger partial charge on any atom is 0.330 e. The van der Waals surface area contributed by atoms with Crippen molar-refractivity contribution in [1.29, 1.82) is 0 Å². The first-order chi connectivity index (χ1) is 23.1. The minimum atomic E-state index is -1.29. The Morgan fingerprint density at radius 1 is 0.875 bits per heavy atom. The van der Waals surface area contributed by atoms with Crippen molar-refractivity contribution in [3.05, 3.63) is 139 Å². The largest absolute Gasteiger partial charge is 0.459 e. The van der Waals surface area contributed by atoms with Crippen molar-refractivity contribution in [3.63, 3.8) is 0 Å². The van der Waals surface area contributed by atoms with Crippen molar-refractivity contribution < 1.29 is 23.9 Å². The Kier molecular flexibility index (Phi) is 11.6. The van der Waals surface area contributed by atoms with Gasteiger partial charge in [0.05, 0.1) is 28.2 Å². The van der Waals surface area contributed by atoms with Crippen LogP contribution in [0.4, 0.5) is 4.79 Å². The summed E-state index contributed by atoms with van der Waals surface area (Å²) in [6.45, 7) is -0.0464. The third-order valence-corrected chi connectivity index (χ3v) is 8.72. The van der Waals surface area contributed by atoms with Gasteiger partial charge in [0.1, 0.15) is 12.6 Å². The minimum absolute atomic E-state index is 0.0435. The standard InChI is InChI=1S/C36H33Cl3N4O5/c1-43(20-23-10-7-12-26(37)16-23)34(45)25-17-28(38)32(29(39)18-25)33(44)41-31(35(46)48-21-22-8-3-2-4-9-22)19-40-36(47)42-30-15-14-24-11-5-6-13-27(24)30/h2-13,16-18,30-31H,14-15,19-21H2,1H3,(H,41,44)(H2,40,42,47)/t30?,31-/m0/s1. The predicted octanol–water partition coefficient (Wildman–Crippen LogP) is 6.75. The number of halogens is 3. The SMILES string of the molecule is CN(Cc1cccc(Cl)c1)C(=O)c1cc(Cl)c(C(=O)N[C@@H](CNC(=O)NC2CCc3ccccc32)C(=O)OCc2ccccc2)c(Cl)c1. The van der Waals surface area contributed by atoms with Crippen molar-refractivity contribution >= 4 is 58.6 Å². The highest BCUT2D eigenvalue weighted by molar-refractivity contribution is 6.40. The van der Waals surface area contributed by atoms with Crippen molar-refractivity contribution in [1.82, 2.24) is 20.9 Å². The van der Waals surface area contributed by atoms with Gasteiger partial charge in [0.25, 0.3) is 11.8 Å². The van der Waals surface area contributed by atoms with Crippen LogP contribution in [0.3, 0.4) is 0 Å². The molecule has 4 aromatic rings. The molecule has 2 atom stereocenters. The Morgan fingerprint density at radius 3 is 2.29 bits per heavy atom. The second-order valence-corrected chi connectivity index (χ2v) is 12.6. The number of nitrogens with zero attached hydrogens (tertiary/aromatic N) is 1. The van der Waals surface area contributed by atoms with Crippen LogP contribution in [0.25, 0.3) is 0 Å². The highest BCUT2D eigenvalue weighted by atomic mass is 35.5. The van der Waals surface area contributed by atoms with Crippen LogP contribution in [-0.2, 0) is 29.1 Å². The first-order valence-electron chi connectivity index (χ1n) is 15.2. The number of rotatable bonds is 11. The van der Waals surface area contributed by atoms with E-state index in [9.17, 15) is 19.2 Å². The number of fused-ring (bicyclic) bond motifs is 1. The van der Waals surface area contributed by atoms with E-state index in [-0.39, 0.29) is 52.8 Å². The van der Waals surface area contributed by atoms with E-state index in [1.54, 1.807) is 37.4 Å². The Hall–Kier alpha value is -4.57. The molecule has 9 nitrogen and oxygen atoms in total. The van der Waals surface area contributed by atoms with Gasteiger partial charge in [-0.15, -0.1) is 0 Å². The van der Waals surface area contributed by atoms with Gasteiger partial charge in [-0.25, -0.2) is 9.59 Å². The minimum Gasteiger partial charge on any atom is -0.459 e. The maximum atomic E-state index is 13.5. The highest BCUT2D eigenvalue weighted by Gasteiger charge is 2.28. The Balaban J connectivity index is 1.27. The summed E-state index contributed by atoms with van der Waals surface area (Å²) < 4.78 is 5.48. The van der Waals surface area contributed by atoms with Crippen LogP contribution in [-0.4, -0.2) is 48.3 Å². The molecule has 1 aliphatic rings. The lowest BCUT2D eigenvalue weighted by Crippen LogP contribution is -2.51. The molecule has 48 heavy (non-hydrogen) atoms. The molecule has 0 aromatic heterocycles. The first kappa shape index (κ1) is 34.8. The third-order valence-electron chi connectivity index (χ3n) is 7.89. The van der Waals surface area contributed by atoms with Gasteiger partial charge >= 0.3 is 12.0 Å². The van der Waals surface area contributed by atoms with Gasteiger partial charge < -0.3 is 25.6 Å². The van der Waals surface area contributed by atoms with Crippen LogP contribution < -0.4 is 16.0 Å². The quantitative estimate of drug-likeness (QED) is 0.149. The normalized spacial score (nSPS) is 14.0. The summed E-state index contributed by atoms with van der Waals surface area (Å²) in [5.41, 5.74) is 3.81. The van der Waals surface area contributed by atoms with Gasteiger partial charge in [-0.2, -0.15) is 0 Å². The number of nitrogens with one attached hydrogen (secondary N) is 3. The summed E-state index contributed by atoms with van der Waals surface area (Å²) >= 11 is 19.1. The van der Waals surface area contributed by atoms with Gasteiger partial charge in [0, 0.05) is 24.2 Å². The zero-order valence-electron chi connectivity index (χ0n) is 26.0. The second-order valence-electron chi connectivity index (χ2n) is 11.4. The Morgan fingerprint density at radius 2 is 1.56 bits per heavy atom. The molecule has 0 aliphatic heterocycles. The monoisotopic (exact) mass is 706 g/mol. The number of carbonyl (C=O) groups is 4. The lowest BCUT2D eigenvalue weighted by molar-refractivity contribution is -0.147. The highest BCUT2D eigenvalue weighted by Crippen LogP contribution is 2.31. The van der Waals surface area contributed by atoms with E-state index in [2.05, 4.69) is 16.0 Å².